The number of rotatable bonds is 7. The highest BCUT2D eigenvalue weighted by atomic mass is 16.3. The van der Waals surface area contributed by atoms with Gasteiger partial charge in [-0.3, -0.25) is 0 Å². The van der Waals surface area contributed by atoms with Crippen LogP contribution in [-0.2, 0) is 5.41 Å². The van der Waals surface area contributed by atoms with Crippen molar-refractivity contribution in [1.82, 2.24) is 0 Å². The van der Waals surface area contributed by atoms with Gasteiger partial charge in [0.25, 0.3) is 0 Å². The number of hydrogen-bond donors (Lipinski definition) is 0. The highest BCUT2D eigenvalue weighted by molar-refractivity contribution is 6.07. The standard InChI is InChI=1S/C57H41NO/c1-57(2)51-25-13-11-21-46(51)50-36-41(30-35-52(50)57)38-28-31-42(32-29-38)58(43-33-34-48-47-22-12-14-27-54(47)59-55(48)37-43)53-26-15-24-45(40-18-7-4-8-19-40)56(53)49-23-10-9-20-44(49)39-16-5-3-6-17-39/h3-37H,1-2H3. The van der Waals surface area contributed by atoms with Gasteiger partial charge in [-0.25, -0.2) is 0 Å². The molecule has 0 fully saturated rings. The van der Waals surface area contributed by atoms with Gasteiger partial charge in [-0.2, -0.15) is 0 Å². The van der Waals surface area contributed by atoms with Crippen molar-refractivity contribution in [2.45, 2.75) is 19.3 Å². The molecule has 0 aliphatic heterocycles. The summed E-state index contributed by atoms with van der Waals surface area (Å²) in [6.45, 7) is 4.67. The second-order valence-corrected chi connectivity index (χ2v) is 16.1. The molecule has 0 radical (unpaired) electrons. The zero-order valence-corrected chi connectivity index (χ0v) is 33.1. The molecule has 280 valence electrons. The minimum atomic E-state index is -0.0269. The molecule has 0 spiro atoms. The van der Waals surface area contributed by atoms with Crippen LogP contribution in [-0.4, -0.2) is 0 Å². The maximum atomic E-state index is 6.53. The molecule has 0 unspecified atom stereocenters. The molecular weight excluding hydrogens is 715 g/mol. The summed E-state index contributed by atoms with van der Waals surface area (Å²) in [5.74, 6) is 0. The Morgan fingerprint density at radius 3 is 1.71 bits per heavy atom. The van der Waals surface area contributed by atoms with Crippen LogP contribution in [0.4, 0.5) is 17.1 Å². The van der Waals surface area contributed by atoms with Crippen molar-refractivity contribution in [2.24, 2.45) is 0 Å². The average molecular weight is 756 g/mol. The summed E-state index contributed by atoms with van der Waals surface area (Å²) in [5.41, 5.74) is 19.7. The summed E-state index contributed by atoms with van der Waals surface area (Å²) in [6.07, 6.45) is 0. The van der Waals surface area contributed by atoms with E-state index in [9.17, 15) is 0 Å². The lowest BCUT2D eigenvalue weighted by Crippen LogP contribution is -2.14. The van der Waals surface area contributed by atoms with E-state index in [-0.39, 0.29) is 5.41 Å². The van der Waals surface area contributed by atoms with Crippen molar-refractivity contribution < 1.29 is 4.42 Å². The predicted octanol–water partition coefficient (Wildman–Crippen LogP) is 16.0. The fraction of sp³-hybridized carbons (Fsp3) is 0.0526. The zero-order valence-electron chi connectivity index (χ0n) is 33.1. The lowest BCUT2D eigenvalue weighted by atomic mass is 9.82. The molecule has 0 saturated heterocycles. The molecule has 0 N–H and O–H groups in total. The number of furan rings is 1. The number of benzene rings is 9. The maximum absolute atomic E-state index is 6.53. The number of fused-ring (bicyclic) bond motifs is 6. The van der Waals surface area contributed by atoms with Crippen LogP contribution in [0.2, 0.25) is 0 Å². The largest absolute Gasteiger partial charge is 0.456 e. The molecule has 1 aliphatic carbocycles. The molecule has 1 aliphatic rings. The van der Waals surface area contributed by atoms with Gasteiger partial charge in [0, 0.05) is 39.2 Å². The molecule has 0 saturated carbocycles. The Morgan fingerprint density at radius 2 is 0.932 bits per heavy atom. The Bertz CT molecular complexity index is 3170. The number of nitrogens with zero attached hydrogens (tertiary/aromatic N) is 1. The van der Waals surface area contributed by atoms with E-state index in [1.807, 2.05) is 12.1 Å². The average Bonchev–Trinajstić information content (AvgIpc) is 3.78. The van der Waals surface area contributed by atoms with Crippen LogP contribution >= 0.6 is 0 Å². The summed E-state index contributed by atoms with van der Waals surface area (Å²) < 4.78 is 6.53. The van der Waals surface area contributed by atoms with Crippen LogP contribution in [0.1, 0.15) is 25.0 Å². The fourth-order valence-electron chi connectivity index (χ4n) is 9.42. The number of para-hydroxylation sites is 1. The quantitative estimate of drug-likeness (QED) is 0.161. The van der Waals surface area contributed by atoms with Crippen LogP contribution in [0.3, 0.4) is 0 Å². The third-order valence-corrected chi connectivity index (χ3v) is 12.3. The molecule has 2 heteroatoms. The molecule has 0 bridgehead atoms. The monoisotopic (exact) mass is 755 g/mol. The smallest absolute Gasteiger partial charge is 0.137 e. The van der Waals surface area contributed by atoms with Gasteiger partial charge < -0.3 is 9.32 Å². The van der Waals surface area contributed by atoms with Crippen LogP contribution in [0.15, 0.2) is 217 Å². The fourth-order valence-corrected chi connectivity index (χ4v) is 9.42. The normalized spacial score (nSPS) is 12.7. The Hall–Kier alpha value is -7.42. The van der Waals surface area contributed by atoms with Gasteiger partial charge in [-0.1, -0.05) is 178 Å². The van der Waals surface area contributed by atoms with E-state index in [2.05, 4.69) is 219 Å². The van der Waals surface area contributed by atoms with Crippen LogP contribution < -0.4 is 4.90 Å². The first kappa shape index (κ1) is 34.8. The number of hydrogen-bond acceptors (Lipinski definition) is 2. The molecule has 9 aromatic carbocycles. The van der Waals surface area contributed by atoms with Crippen LogP contribution in [0.25, 0.3) is 77.6 Å². The molecule has 1 heterocycles. The minimum Gasteiger partial charge on any atom is -0.456 e. The Balaban J connectivity index is 1.12. The van der Waals surface area contributed by atoms with E-state index in [1.54, 1.807) is 0 Å². The first-order chi connectivity index (χ1) is 29.0. The molecular formula is C57H41NO. The van der Waals surface area contributed by atoms with E-state index < -0.39 is 0 Å². The van der Waals surface area contributed by atoms with Gasteiger partial charge in [0.1, 0.15) is 11.2 Å². The molecule has 0 atom stereocenters. The number of anilines is 3. The molecule has 0 amide bonds. The van der Waals surface area contributed by atoms with Crippen molar-refractivity contribution in [1.29, 1.82) is 0 Å². The second kappa shape index (κ2) is 13.9. The summed E-state index contributed by atoms with van der Waals surface area (Å²) in [4.78, 5) is 2.40. The SMILES string of the molecule is CC1(C)c2ccccc2-c2cc(-c3ccc(N(c4ccc5c(c4)oc4ccccc45)c4cccc(-c5ccccc5)c4-c4ccccc4-c4ccccc4)cc3)ccc21. The van der Waals surface area contributed by atoms with E-state index in [1.165, 1.54) is 55.6 Å². The van der Waals surface area contributed by atoms with E-state index in [0.29, 0.717) is 0 Å². The zero-order chi connectivity index (χ0) is 39.5. The maximum Gasteiger partial charge on any atom is 0.137 e. The molecule has 2 nitrogen and oxygen atoms in total. The van der Waals surface area contributed by atoms with Gasteiger partial charge in [0.2, 0.25) is 0 Å². The van der Waals surface area contributed by atoms with Crippen LogP contribution in [0.5, 0.6) is 0 Å². The van der Waals surface area contributed by atoms with E-state index >= 15 is 0 Å². The molecule has 1 aromatic heterocycles. The predicted molar refractivity (Wildman–Crippen MR) is 248 cm³/mol. The van der Waals surface area contributed by atoms with Gasteiger partial charge in [-0.15, -0.1) is 0 Å². The first-order valence-corrected chi connectivity index (χ1v) is 20.4. The van der Waals surface area contributed by atoms with Gasteiger partial charge in [0.05, 0.1) is 5.69 Å². The first-order valence-electron chi connectivity index (χ1n) is 20.4. The van der Waals surface area contributed by atoms with Crippen LogP contribution in [0, 0.1) is 0 Å². The lowest BCUT2D eigenvalue weighted by Gasteiger charge is -2.30. The highest BCUT2D eigenvalue weighted by Crippen LogP contribution is 2.51. The Morgan fingerprint density at radius 1 is 0.356 bits per heavy atom. The van der Waals surface area contributed by atoms with Gasteiger partial charge >= 0.3 is 0 Å². The van der Waals surface area contributed by atoms with Crippen molar-refractivity contribution in [3.8, 4) is 55.6 Å². The van der Waals surface area contributed by atoms with Gasteiger partial charge in [0.15, 0.2) is 0 Å². The minimum absolute atomic E-state index is 0.0269. The summed E-state index contributed by atoms with van der Waals surface area (Å²) in [5, 5.41) is 2.22. The summed E-state index contributed by atoms with van der Waals surface area (Å²) in [7, 11) is 0. The van der Waals surface area contributed by atoms with E-state index in [0.717, 1.165) is 50.1 Å². The molecule has 11 rings (SSSR count). The summed E-state index contributed by atoms with van der Waals surface area (Å²) in [6, 6.07) is 76.9. The van der Waals surface area contributed by atoms with Crippen molar-refractivity contribution in [3.63, 3.8) is 0 Å². The third kappa shape index (κ3) is 5.79. The van der Waals surface area contributed by atoms with Crippen molar-refractivity contribution >= 4 is 39.0 Å². The second-order valence-electron chi connectivity index (χ2n) is 16.1. The van der Waals surface area contributed by atoms with Gasteiger partial charge in [-0.05, 0) is 104 Å². The Labute approximate surface area is 345 Å². The molecule has 10 aromatic rings. The van der Waals surface area contributed by atoms with Crippen molar-refractivity contribution in [3.05, 3.63) is 223 Å². The lowest BCUT2D eigenvalue weighted by molar-refractivity contribution is 0.660. The Kier molecular flexibility index (Phi) is 8.20. The topological polar surface area (TPSA) is 16.4 Å². The van der Waals surface area contributed by atoms with Crippen molar-refractivity contribution in [2.75, 3.05) is 4.90 Å². The third-order valence-electron chi connectivity index (χ3n) is 12.3. The highest BCUT2D eigenvalue weighted by Gasteiger charge is 2.35. The van der Waals surface area contributed by atoms with E-state index in [4.69, 9.17) is 4.42 Å². The summed E-state index contributed by atoms with van der Waals surface area (Å²) >= 11 is 0. The molecule has 59 heavy (non-hydrogen) atoms.